The summed E-state index contributed by atoms with van der Waals surface area (Å²) in [5, 5.41) is 0. The number of nitrogens with zero attached hydrogens (tertiary/aromatic N) is 2. The standard InChI is InChI=1S/C15H15N2O/c18-15(13-6-2-1-3-7-13)11-16-10-14-8-4-5-9-17(14)12-16/h1-9H,10-12H2/q+1. The number of benzene rings is 1. The van der Waals surface area contributed by atoms with Gasteiger partial charge in [-0.3, -0.25) is 4.79 Å². The topological polar surface area (TPSA) is 24.2 Å². The van der Waals surface area contributed by atoms with Crippen molar-refractivity contribution in [2.75, 3.05) is 6.54 Å². The Balaban J connectivity index is 1.68. The molecule has 2 aromatic rings. The van der Waals surface area contributed by atoms with Crippen LogP contribution in [0.15, 0.2) is 54.7 Å². The van der Waals surface area contributed by atoms with Crippen LogP contribution in [0, 0.1) is 0 Å². The summed E-state index contributed by atoms with van der Waals surface area (Å²) < 4.78 is 2.18. The molecular weight excluding hydrogens is 224 g/mol. The summed E-state index contributed by atoms with van der Waals surface area (Å²) in [4.78, 5) is 14.3. The smallest absolute Gasteiger partial charge is 0.205 e. The third-order valence-electron chi connectivity index (χ3n) is 3.24. The van der Waals surface area contributed by atoms with Crippen LogP contribution in [-0.4, -0.2) is 17.2 Å². The number of fused-ring (bicyclic) bond motifs is 1. The number of rotatable bonds is 3. The quantitative estimate of drug-likeness (QED) is 0.600. The van der Waals surface area contributed by atoms with Crippen molar-refractivity contribution in [3.05, 3.63) is 66.0 Å². The molecule has 0 spiro atoms. The lowest BCUT2D eigenvalue weighted by molar-refractivity contribution is -0.702. The van der Waals surface area contributed by atoms with Gasteiger partial charge in [-0.05, 0) is 0 Å². The highest BCUT2D eigenvalue weighted by atomic mass is 16.1. The summed E-state index contributed by atoms with van der Waals surface area (Å²) >= 11 is 0. The van der Waals surface area contributed by atoms with Crippen LogP contribution in [0.3, 0.4) is 0 Å². The summed E-state index contributed by atoms with van der Waals surface area (Å²) in [6.45, 7) is 2.12. The first-order chi connectivity index (χ1) is 8.83. The van der Waals surface area contributed by atoms with Crippen molar-refractivity contribution in [2.24, 2.45) is 0 Å². The van der Waals surface area contributed by atoms with Crippen molar-refractivity contribution < 1.29 is 9.36 Å². The molecule has 0 unspecified atom stereocenters. The van der Waals surface area contributed by atoms with E-state index in [2.05, 4.69) is 21.7 Å². The van der Waals surface area contributed by atoms with Gasteiger partial charge in [0.15, 0.2) is 17.7 Å². The molecule has 0 amide bonds. The monoisotopic (exact) mass is 239 g/mol. The number of carbonyl (C=O) groups excluding carboxylic acids is 1. The molecule has 0 bridgehead atoms. The Morgan fingerprint density at radius 3 is 2.67 bits per heavy atom. The summed E-state index contributed by atoms with van der Waals surface area (Å²) in [6, 6.07) is 15.6. The zero-order chi connectivity index (χ0) is 12.4. The summed E-state index contributed by atoms with van der Waals surface area (Å²) in [5.74, 6) is 0.184. The molecule has 0 saturated carbocycles. The van der Waals surface area contributed by atoms with Gasteiger partial charge in [0.2, 0.25) is 6.67 Å². The van der Waals surface area contributed by atoms with Gasteiger partial charge in [-0.25, -0.2) is 4.90 Å². The van der Waals surface area contributed by atoms with Crippen molar-refractivity contribution in [1.29, 1.82) is 0 Å². The normalized spacial score (nSPS) is 14.4. The molecule has 18 heavy (non-hydrogen) atoms. The van der Waals surface area contributed by atoms with Crippen LogP contribution in [0.4, 0.5) is 0 Å². The molecule has 0 N–H and O–H groups in total. The number of pyridine rings is 1. The van der Waals surface area contributed by atoms with Crippen molar-refractivity contribution in [3.8, 4) is 0 Å². The summed E-state index contributed by atoms with van der Waals surface area (Å²) in [7, 11) is 0. The minimum atomic E-state index is 0.184. The molecule has 3 rings (SSSR count). The first-order valence-electron chi connectivity index (χ1n) is 6.11. The molecule has 1 aromatic carbocycles. The van der Waals surface area contributed by atoms with Crippen molar-refractivity contribution in [2.45, 2.75) is 13.2 Å². The molecule has 1 aliphatic heterocycles. The third kappa shape index (κ3) is 2.17. The van der Waals surface area contributed by atoms with Crippen molar-refractivity contribution in [1.82, 2.24) is 4.90 Å². The molecule has 3 nitrogen and oxygen atoms in total. The average Bonchev–Trinajstić information content (AvgIpc) is 2.82. The minimum Gasteiger partial charge on any atom is -0.293 e. The Hall–Kier alpha value is -2.00. The number of hydrogen-bond acceptors (Lipinski definition) is 2. The predicted octanol–water partition coefficient (Wildman–Crippen LogP) is 1.63. The van der Waals surface area contributed by atoms with Gasteiger partial charge < -0.3 is 0 Å². The van der Waals surface area contributed by atoms with E-state index in [1.54, 1.807) is 0 Å². The van der Waals surface area contributed by atoms with Gasteiger partial charge in [-0.15, -0.1) is 0 Å². The molecule has 0 saturated heterocycles. The van der Waals surface area contributed by atoms with Crippen LogP contribution in [0.2, 0.25) is 0 Å². The fraction of sp³-hybridized carbons (Fsp3) is 0.200. The van der Waals surface area contributed by atoms with Gasteiger partial charge in [0.05, 0.1) is 13.1 Å². The lowest BCUT2D eigenvalue weighted by atomic mass is 10.1. The number of Topliss-reactive ketones (excluding diaryl/α,β-unsaturated/α-hetero) is 1. The maximum atomic E-state index is 12.1. The van der Waals surface area contributed by atoms with Crippen molar-refractivity contribution in [3.63, 3.8) is 0 Å². The first-order valence-corrected chi connectivity index (χ1v) is 6.11. The Labute approximate surface area is 106 Å². The molecule has 0 radical (unpaired) electrons. The minimum absolute atomic E-state index is 0.184. The average molecular weight is 239 g/mol. The maximum Gasteiger partial charge on any atom is 0.205 e. The van der Waals surface area contributed by atoms with E-state index >= 15 is 0 Å². The van der Waals surface area contributed by atoms with Crippen LogP contribution >= 0.6 is 0 Å². The molecular formula is C15H15N2O+. The molecule has 1 aromatic heterocycles. The van der Waals surface area contributed by atoms with Gasteiger partial charge in [0, 0.05) is 17.7 Å². The Morgan fingerprint density at radius 2 is 1.89 bits per heavy atom. The fourth-order valence-corrected chi connectivity index (χ4v) is 2.31. The van der Waals surface area contributed by atoms with E-state index in [4.69, 9.17) is 0 Å². The lowest BCUT2D eigenvalue weighted by Crippen LogP contribution is -2.37. The van der Waals surface area contributed by atoms with Crippen LogP contribution in [0.25, 0.3) is 0 Å². The van der Waals surface area contributed by atoms with Gasteiger partial charge in [-0.1, -0.05) is 36.4 Å². The zero-order valence-electron chi connectivity index (χ0n) is 10.1. The maximum absolute atomic E-state index is 12.1. The molecule has 3 heteroatoms. The molecule has 1 aliphatic rings. The van der Waals surface area contributed by atoms with Gasteiger partial charge >= 0.3 is 0 Å². The summed E-state index contributed by atoms with van der Waals surface area (Å²) in [6.07, 6.45) is 2.06. The van der Waals surface area contributed by atoms with E-state index in [-0.39, 0.29) is 5.78 Å². The van der Waals surface area contributed by atoms with E-state index in [9.17, 15) is 4.79 Å². The van der Waals surface area contributed by atoms with Crippen LogP contribution in [-0.2, 0) is 13.2 Å². The lowest BCUT2D eigenvalue weighted by Gasteiger charge is -2.08. The molecule has 90 valence electrons. The second-order valence-corrected chi connectivity index (χ2v) is 4.58. The van der Waals surface area contributed by atoms with E-state index in [0.717, 1.165) is 18.8 Å². The Kier molecular flexibility index (Phi) is 2.90. The largest absolute Gasteiger partial charge is 0.293 e. The molecule has 0 atom stereocenters. The highest BCUT2D eigenvalue weighted by molar-refractivity contribution is 5.97. The second-order valence-electron chi connectivity index (χ2n) is 4.58. The van der Waals surface area contributed by atoms with E-state index in [0.29, 0.717) is 6.54 Å². The zero-order valence-corrected chi connectivity index (χ0v) is 10.1. The SMILES string of the molecule is O=C(CN1Cc2cccc[n+]2C1)c1ccccc1. The van der Waals surface area contributed by atoms with Gasteiger partial charge in [-0.2, -0.15) is 4.57 Å². The Bertz CT molecular complexity index is 541. The van der Waals surface area contributed by atoms with Gasteiger partial charge in [0.1, 0.15) is 0 Å². The number of aromatic nitrogens is 1. The number of hydrogen-bond donors (Lipinski definition) is 0. The Morgan fingerprint density at radius 1 is 1.11 bits per heavy atom. The van der Waals surface area contributed by atoms with Gasteiger partial charge in [0.25, 0.3) is 0 Å². The second kappa shape index (κ2) is 4.70. The predicted molar refractivity (Wildman–Crippen MR) is 67.8 cm³/mol. The van der Waals surface area contributed by atoms with Crippen LogP contribution < -0.4 is 4.57 Å². The fourth-order valence-electron chi connectivity index (χ4n) is 2.31. The van der Waals surface area contributed by atoms with Crippen molar-refractivity contribution >= 4 is 5.78 Å². The molecule has 2 heterocycles. The summed E-state index contributed by atoms with van der Waals surface area (Å²) in [5.41, 5.74) is 2.05. The highest BCUT2D eigenvalue weighted by Crippen LogP contribution is 2.09. The van der Waals surface area contributed by atoms with E-state index in [1.165, 1.54) is 5.69 Å². The molecule has 0 aliphatic carbocycles. The first kappa shape index (κ1) is 11.1. The number of carbonyl (C=O) groups is 1. The van der Waals surface area contributed by atoms with E-state index < -0.39 is 0 Å². The third-order valence-corrected chi connectivity index (χ3v) is 3.24. The van der Waals surface area contributed by atoms with Crippen LogP contribution in [0.5, 0.6) is 0 Å². The van der Waals surface area contributed by atoms with Crippen LogP contribution in [0.1, 0.15) is 16.1 Å². The number of ketones is 1. The van der Waals surface area contributed by atoms with E-state index in [1.807, 2.05) is 42.5 Å². The molecule has 0 fully saturated rings. The highest BCUT2D eigenvalue weighted by Gasteiger charge is 2.26.